The molecule has 1 aliphatic rings. The summed E-state index contributed by atoms with van der Waals surface area (Å²) in [5, 5.41) is 0.0531. The van der Waals surface area contributed by atoms with Crippen LogP contribution in [0.4, 0.5) is 4.39 Å². The monoisotopic (exact) mass is 273 g/mol. The second kappa shape index (κ2) is 5.43. The average molecular weight is 274 g/mol. The Morgan fingerprint density at radius 3 is 2.78 bits per heavy atom. The van der Waals surface area contributed by atoms with E-state index in [0.717, 1.165) is 12.8 Å². The molecule has 18 heavy (non-hydrogen) atoms. The van der Waals surface area contributed by atoms with Crippen molar-refractivity contribution < 1.29 is 13.9 Å². The summed E-state index contributed by atoms with van der Waals surface area (Å²) < 4.78 is 24.6. The fourth-order valence-corrected chi connectivity index (χ4v) is 2.40. The van der Waals surface area contributed by atoms with E-state index in [1.165, 1.54) is 19.2 Å². The summed E-state index contributed by atoms with van der Waals surface area (Å²) in [4.78, 5) is 0. The molecule has 0 aromatic heterocycles. The Labute approximate surface area is 111 Å². The van der Waals surface area contributed by atoms with Gasteiger partial charge in [0.05, 0.1) is 24.3 Å². The molecular formula is C13H17ClFNO2. The molecule has 2 rings (SSSR count). The van der Waals surface area contributed by atoms with Crippen LogP contribution in [0.15, 0.2) is 12.1 Å². The standard InChI is InChI=1S/C13H17ClFNO2/c1-7(16)11-3-4-12(18-11)8-5-10(15)9(14)6-13(8)17-2/h5-7,11-12H,3-4,16H2,1-2H3/t7-,11-,12+/m0/s1. The maximum atomic E-state index is 13.5. The Morgan fingerprint density at radius 1 is 1.50 bits per heavy atom. The van der Waals surface area contributed by atoms with E-state index in [-0.39, 0.29) is 23.3 Å². The van der Waals surface area contributed by atoms with Gasteiger partial charge in [-0.2, -0.15) is 0 Å². The van der Waals surface area contributed by atoms with Crippen LogP contribution in [-0.4, -0.2) is 19.3 Å². The van der Waals surface area contributed by atoms with Crippen LogP contribution < -0.4 is 10.5 Å². The number of ether oxygens (including phenoxy) is 2. The predicted molar refractivity (Wildman–Crippen MR) is 68.5 cm³/mol. The Balaban J connectivity index is 2.26. The molecule has 1 fully saturated rings. The van der Waals surface area contributed by atoms with Crippen molar-refractivity contribution in [3.63, 3.8) is 0 Å². The maximum absolute atomic E-state index is 13.5. The highest BCUT2D eigenvalue weighted by molar-refractivity contribution is 6.30. The molecule has 1 saturated heterocycles. The van der Waals surface area contributed by atoms with Gasteiger partial charge in [0.2, 0.25) is 0 Å². The molecule has 0 spiro atoms. The third-order valence-corrected chi connectivity index (χ3v) is 3.55. The zero-order valence-corrected chi connectivity index (χ0v) is 11.2. The van der Waals surface area contributed by atoms with Gasteiger partial charge in [-0.15, -0.1) is 0 Å². The lowest BCUT2D eigenvalue weighted by atomic mass is 10.0. The normalized spacial score (nSPS) is 25.2. The van der Waals surface area contributed by atoms with Crippen LogP contribution in [0.3, 0.4) is 0 Å². The van der Waals surface area contributed by atoms with Gasteiger partial charge in [-0.3, -0.25) is 0 Å². The lowest BCUT2D eigenvalue weighted by molar-refractivity contribution is 0.0319. The number of hydrogen-bond donors (Lipinski definition) is 1. The van der Waals surface area contributed by atoms with Crippen LogP contribution in [0.25, 0.3) is 0 Å². The number of rotatable bonds is 3. The summed E-state index contributed by atoms with van der Waals surface area (Å²) in [5.41, 5.74) is 6.51. The van der Waals surface area contributed by atoms with Gasteiger partial charge in [0.1, 0.15) is 11.6 Å². The van der Waals surface area contributed by atoms with Crippen molar-refractivity contribution in [1.82, 2.24) is 0 Å². The molecule has 0 saturated carbocycles. The van der Waals surface area contributed by atoms with Gasteiger partial charge >= 0.3 is 0 Å². The molecule has 1 heterocycles. The summed E-state index contributed by atoms with van der Waals surface area (Å²) in [6.07, 6.45) is 1.51. The van der Waals surface area contributed by atoms with Crippen LogP contribution in [-0.2, 0) is 4.74 Å². The van der Waals surface area contributed by atoms with Gasteiger partial charge in [0.25, 0.3) is 0 Å². The minimum absolute atomic E-state index is 0.0124. The molecule has 0 radical (unpaired) electrons. The first-order valence-corrected chi connectivity index (χ1v) is 6.34. The van der Waals surface area contributed by atoms with Crippen molar-refractivity contribution in [3.05, 3.63) is 28.5 Å². The van der Waals surface area contributed by atoms with Crippen molar-refractivity contribution in [2.45, 2.75) is 38.0 Å². The van der Waals surface area contributed by atoms with Gasteiger partial charge in [0.15, 0.2) is 0 Å². The van der Waals surface area contributed by atoms with Crippen LogP contribution in [0, 0.1) is 5.82 Å². The Kier molecular flexibility index (Phi) is 4.10. The lowest BCUT2D eigenvalue weighted by Gasteiger charge is -2.18. The first kappa shape index (κ1) is 13.6. The van der Waals surface area contributed by atoms with Crippen molar-refractivity contribution >= 4 is 11.6 Å². The number of hydrogen-bond acceptors (Lipinski definition) is 3. The highest BCUT2D eigenvalue weighted by Crippen LogP contribution is 2.39. The summed E-state index contributed by atoms with van der Waals surface area (Å²) in [6, 6.07) is 2.84. The molecular weight excluding hydrogens is 257 g/mol. The van der Waals surface area contributed by atoms with E-state index in [1.807, 2.05) is 6.92 Å². The summed E-state index contributed by atoms with van der Waals surface area (Å²) in [7, 11) is 1.53. The zero-order chi connectivity index (χ0) is 13.3. The van der Waals surface area contributed by atoms with Crippen molar-refractivity contribution in [3.8, 4) is 5.75 Å². The van der Waals surface area contributed by atoms with E-state index in [4.69, 9.17) is 26.8 Å². The molecule has 0 amide bonds. The van der Waals surface area contributed by atoms with Gasteiger partial charge in [-0.05, 0) is 25.8 Å². The smallest absolute Gasteiger partial charge is 0.142 e. The Morgan fingerprint density at radius 2 is 2.22 bits per heavy atom. The first-order chi connectivity index (χ1) is 8.52. The largest absolute Gasteiger partial charge is 0.496 e. The number of nitrogens with two attached hydrogens (primary N) is 1. The Bertz CT molecular complexity index is 439. The molecule has 3 nitrogen and oxygen atoms in total. The van der Waals surface area contributed by atoms with Gasteiger partial charge in [-0.1, -0.05) is 11.6 Å². The fourth-order valence-electron chi connectivity index (χ4n) is 2.25. The van der Waals surface area contributed by atoms with Crippen LogP contribution >= 0.6 is 11.6 Å². The molecule has 0 unspecified atom stereocenters. The zero-order valence-electron chi connectivity index (χ0n) is 10.5. The molecule has 1 aliphatic heterocycles. The van der Waals surface area contributed by atoms with Crippen LogP contribution in [0.1, 0.15) is 31.4 Å². The molecule has 1 aromatic carbocycles. The van der Waals surface area contributed by atoms with E-state index >= 15 is 0 Å². The third-order valence-electron chi connectivity index (χ3n) is 3.26. The molecule has 3 atom stereocenters. The van der Waals surface area contributed by atoms with Crippen molar-refractivity contribution in [2.24, 2.45) is 5.73 Å². The van der Waals surface area contributed by atoms with E-state index < -0.39 is 5.82 Å². The molecule has 5 heteroatoms. The third kappa shape index (κ3) is 2.60. The highest BCUT2D eigenvalue weighted by atomic mass is 35.5. The van der Waals surface area contributed by atoms with Gasteiger partial charge in [0, 0.05) is 17.7 Å². The SMILES string of the molecule is COc1cc(Cl)c(F)cc1[C@H]1CC[C@@H]([C@H](C)N)O1. The summed E-state index contributed by atoms with van der Waals surface area (Å²) in [5.74, 6) is 0.0945. The van der Waals surface area contributed by atoms with Gasteiger partial charge < -0.3 is 15.2 Å². The quantitative estimate of drug-likeness (QED) is 0.921. The summed E-state index contributed by atoms with van der Waals surface area (Å²) >= 11 is 5.73. The second-order valence-electron chi connectivity index (χ2n) is 4.61. The average Bonchev–Trinajstić information content (AvgIpc) is 2.81. The minimum atomic E-state index is -0.458. The van der Waals surface area contributed by atoms with Crippen molar-refractivity contribution in [1.29, 1.82) is 0 Å². The maximum Gasteiger partial charge on any atom is 0.142 e. The van der Waals surface area contributed by atoms with E-state index in [1.54, 1.807) is 0 Å². The van der Waals surface area contributed by atoms with Gasteiger partial charge in [-0.25, -0.2) is 4.39 Å². The molecule has 2 N–H and O–H groups in total. The second-order valence-corrected chi connectivity index (χ2v) is 5.02. The molecule has 100 valence electrons. The number of halogens is 2. The van der Waals surface area contributed by atoms with E-state index in [2.05, 4.69) is 0 Å². The first-order valence-electron chi connectivity index (χ1n) is 5.97. The fraction of sp³-hybridized carbons (Fsp3) is 0.538. The molecule has 0 bridgehead atoms. The molecule has 0 aliphatic carbocycles. The number of benzene rings is 1. The lowest BCUT2D eigenvalue weighted by Crippen LogP contribution is -2.30. The predicted octanol–water partition coefficient (Wildman–Crippen LogP) is 3.06. The highest BCUT2D eigenvalue weighted by Gasteiger charge is 2.31. The van der Waals surface area contributed by atoms with Crippen LogP contribution in [0.5, 0.6) is 5.75 Å². The van der Waals surface area contributed by atoms with Crippen molar-refractivity contribution in [2.75, 3.05) is 7.11 Å². The summed E-state index contributed by atoms with van der Waals surface area (Å²) in [6.45, 7) is 1.91. The van der Waals surface area contributed by atoms with E-state index in [0.29, 0.717) is 11.3 Å². The van der Waals surface area contributed by atoms with E-state index in [9.17, 15) is 4.39 Å². The Hall–Kier alpha value is -0.840. The minimum Gasteiger partial charge on any atom is -0.496 e. The molecule has 1 aromatic rings. The number of methoxy groups -OCH3 is 1. The van der Waals surface area contributed by atoms with Crippen LogP contribution in [0.2, 0.25) is 5.02 Å². The topological polar surface area (TPSA) is 44.5 Å².